The van der Waals surface area contributed by atoms with Gasteiger partial charge < -0.3 is 10.4 Å². The number of hydrogen-bond acceptors (Lipinski definition) is 3. The molecule has 110 valence electrons. The zero-order chi connectivity index (χ0) is 15.7. The number of carboxylic acids is 1. The number of aryl methyl sites for hydroxylation is 1. The molecule has 4 nitrogen and oxygen atoms in total. The lowest BCUT2D eigenvalue weighted by molar-refractivity contribution is 0.0697. The topological polar surface area (TPSA) is 62.2 Å². The number of aromatic carboxylic acids is 1. The monoisotopic (exact) mass is 420 g/mol. The van der Waals surface area contributed by atoms with Crippen LogP contribution in [0.2, 0.25) is 0 Å². The number of hydrogen-bond donors (Lipinski definition) is 2. The molecule has 0 saturated carbocycles. The van der Waals surface area contributed by atoms with Crippen molar-refractivity contribution in [1.82, 2.24) is 4.98 Å². The molecule has 0 unspecified atom stereocenters. The van der Waals surface area contributed by atoms with Crippen LogP contribution in [-0.4, -0.2) is 16.1 Å². The fourth-order valence-corrected chi connectivity index (χ4v) is 2.60. The third-order valence-corrected chi connectivity index (χ3v) is 3.80. The van der Waals surface area contributed by atoms with Gasteiger partial charge >= 0.3 is 5.97 Å². The molecule has 8 heteroatoms. The summed E-state index contributed by atoms with van der Waals surface area (Å²) < 4.78 is 27.9. The van der Waals surface area contributed by atoms with Gasteiger partial charge in [0, 0.05) is 6.20 Å². The van der Waals surface area contributed by atoms with E-state index >= 15 is 0 Å². The first-order valence-electron chi connectivity index (χ1n) is 5.61. The second-order valence-corrected chi connectivity index (χ2v) is 5.89. The van der Waals surface area contributed by atoms with Crippen LogP contribution in [0.4, 0.5) is 20.3 Å². The molecule has 0 bridgehead atoms. The van der Waals surface area contributed by atoms with E-state index in [0.717, 1.165) is 11.6 Å². The highest BCUT2D eigenvalue weighted by Gasteiger charge is 2.22. The van der Waals surface area contributed by atoms with E-state index in [9.17, 15) is 13.6 Å². The summed E-state index contributed by atoms with van der Waals surface area (Å²) in [5.74, 6) is -3.68. The molecule has 1 heterocycles. The molecule has 2 N–H and O–H groups in total. The van der Waals surface area contributed by atoms with E-state index in [0.29, 0.717) is 4.47 Å². The lowest BCUT2D eigenvalue weighted by atomic mass is 10.1. The molecule has 0 atom stereocenters. The Balaban J connectivity index is 2.57. The Kier molecular flexibility index (Phi) is 4.58. The molecule has 0 aliphatic carbocycles. The number of rotatable bonds is 3. The van der Waals surface area contributed by atoms with Gasteiger partial charge in [-0.2, -0.15) is 0 Å². The van der Waals surface area contributed by atoms with E-state index in [-0.39, 0.29) is 10.3 Å². The fraction of sp³-hybridized carbons (Fsp3) is 0.0769. The van der Waals surface area contributed by atoms with Crippen LogP contribution < -0.4 is 5.32 Å². The van der Waals surface area contributed by atoms with Crippen LogP contribution >= 0.6 is 31.9 Å². The quantitative estimate of drug-likeness (QED) is 0.709. The van der Waals surface area contributed by atoms with Gasteiger partial charge in [0.25, 0.3) is 0 Å². The average molecular weight is 422 g/mol. The molecule has 1 aromatic carbocycles. The maximum Gasteiger partial charge on any atom is 0.337 e. The van der Waals surface area contributed by atoms with E-state index < -0.39 is 28.9 Å². The Bertz CT molecular complexity index is 739. The predicted octanol–water partition coefficient (Wildman–Crippen LogP) is 4.64. The standard InChI is InChI=1S/C13H8Br2F2N2O2/c1-5-2-8(15)12(18-4-5)19-11-6(13(20)21)3-7(14)9(16)10(11)17/h2-4H,1H3,(H,18,19)(H,20,21). The van der Waals surface area contributed by atoms with Crippen molar-refractivity contribution >= 4 is 49.3 Å². The smallest absolute Gasteiger partial charge is 0.337 e. The molecule has 0 aliphatic heterocycles. The van der Waals surface area contributed by atoms with Gasteiger partial charge in [-0.3, -0.25) is 0 Å². The number of anilines is 2. The number of benzene rings is 1. The lowest BCUT2D eigenvalue weighted by Crippen LogP contribution is -2.08. The minimum Gasteiger partial charge on any atom is -0.478 e. The summed E-state index contributed by atoms with van der Waals surface area (Å²) in [4.78, 5) is 15.2. The first-order valence-corrected chi connectivity index (χ1v) is 7.19. The average Bonchev–Trinajstić information content (AvgIpc) is 2.41. The van der Waals surface area contributed by atoms with Crippen molar-refractivity contribution in [3.63, 3.8) is 0 Å². The van der Waals surface area contributed by atoms with Gasteiger partial charge in [0.15, 0.2) is 11.6 Å². The molecule has 21 heavy (non-hydrogen) atoms. The first kappa shape index (κ1) is 15.8. The van der Waals surface area contributed by atoms with Crippen LogP contribution in [0, 0.1) is 18.6 Å². The summed E-state index contributed by atoms with van der Waals surface area (Å²) in [7, 11) is 0. The SMILES string of the molecule is Cc1cnc(Nc2c(C(=O)O)cc(Br)c(F)c2F)c(Br)c1. The largest absolute Gasteiger partial charge is 0.478 e. The van der Waals surface area contributed by atoms with Crippen molar-refractivity contribution in [1.29, 1.82) is 0 Å². The van der Waals surface area contributed by atoms with Gasteiger partial charge in [-0.05, 0) is 56.5 Å². The third-order valence-electron chi connectivity index (χ3n) is 2.61. The Labute approximate surface area is 135 Å². The molecule has 2 rings (SSSR count). The van der Waals surface area contributed by atoms with Crippen LogP contribution in [0.3, 0.4) is 0 Å². The highest BCUT2D eigenvalue weighted by atomic mass is 79.9. The minimum atomic E-state index is -1.39. The Morgan fingerprint density at radius 1 is 1.24 bits per heavy atom. The van der Waals surface area contributed by atoms with Crippen LogP contribution in [0.25, 0.3) is 0 Å². The third kappa shape index (κ3) is 3.21. The normalized spacial score (nSPS) is 10.5. The molecule has 0 radical (unpaired) electrons. The maximum absolute atomic E-state index is 14.0. The molecule has 0 saturated heterocycles. The van der Waals surface area contributed by atoms with E-state index in [1.165, 1.54) is 6.20 Å². The lowest BCUT2D eigenvalue weighted by Gasteiger charge is -2.13. The summed E-state index contributed by atoms with van der Waals surface area (Å²) in [5.41, 5.74) is -0.0383. The van der Waals surface area contributed by atoms with Gasteiger partial charge in [0.1, 0.15) is 5.82 Å². The zero-order valence-electron chi connectivity index (χ0n) is 10.5. The van der Waals surface area contributed by atoms with Crippen molar-refractivity contribution in [3.8, 4) is 0 Å². The molecular weight excluding hydrogens is 414 g/mol. The van der Waals surface area contributed by atoms with Gasteiger partial charge in [-0.15, -0.1) is 0 Å². The van der Waals surface area contributed by atoms with Crippen molar-refractivity contribution in [3.05, 3.63) is 50.0 Å². The molecule has 0 aliphatic rings. The van der Waals surface area contributed by atoms with Crippen LogP contribution in [0.15, 0.2) is 27.3 Å². The number of nitrogens with one attached hydrogen (secondary N) is 1. The Morgan fingerprint density at radius 2 is 1.90 bits per heavy atom. The van der Waals surface area contributed by atoms with E-state index in [1.807, 2.05) is 6.92 Å². The zero-order valence-corrected chi connectivity index (χ0v) is 13.7. The summed E-state index contributed by atoms with van der Waals surface area (Å²) in [6.45, 7) is 1.81. The van der Waals surface area contributed by atoms with Crippen LogP contribution in [0.5, 0.6) is 0 Å². The summed E-state index contributed by atoms with van der Waals surface area (Å²) in [6, 6.07) is 2.70. The van der Waals surface area contributed by atoms with E-state index in [2.05, 4.69) is 42.2 Å². The number of carbonyl (C=O) groups is 1. The molecule has 2 aromatic rings. The first-order chi connectivity index (χ1) is 9.81. The number of pyridine rings is 1. The predicted molar refractivity (Wildman–Crippen MR) is 81.0 cm³/mol. The van der Waals surface area contributed by atoms with Gasteiger partial charge in [-0.25, -0.2) is 18.6 Å². The minimum absolute atomic E-state index is 0.184. The second-order valence-electron chi connectivity index (χ2n) is 4.18. The highest BCUT2D eigenvalue weighted by Crippen LogP contribution is 2.32. The van der Waals surface area contributed by atoms with Crippen molar-refractivity contribution < 1.29 is 18.7 Å². The number of carboxylic acid groups (broad SMARTS) is 1. The van der Waals surface area contributed by atoms with E-state index in [1.54, 1.807) is 6.07 Å². The maximum atomic E-state index is 14.0. The van der Waals surface area contributed by atoms with Gasteiger partial charge in [0.05, 0.1) is 20.2 Å². The Morgan fingerprint density at radius 3 is 2.48 bits per heavy atom. The van der Waals surface area contributed by atoms with Crippen molar-refractivity contribution in [2.45, 2.75) is 6.92 Å². The molecule has 0 fully saturated rings. The number of halogens is 4. The van der Waals surface area contributed by atoms with Crippen LogP contribution in [0.1, 0.15) is 15.9 Å². The molecular formula is C13H8Br2F2N2O2. The highest BCUT2D eigenvalue weighted by molar-refractivity contribution is 9.10. The number of aromatic nitrogens is 1. The summed E-state index contributed by atoms with van der Waals surface area (Å²) >= 11 is 6.00. The van der Waals surface area contributed by atoms with Crippen LogP contribution in [-0.2, 0) is 0 Å². The molecule has 1 aromatic heterocycles. The molecule has 0 amide bonds. The fourth-order valence-electron chi connectivity index (χ4n) is 1.63. The second kappa shape index (κ2) is 6.07. The van der Waals surface area contributed by atoms with Crippen molar-refractivity contribution in [2.24, 2.45) is 0 Å². The number of nitrogens with zero attached hydrogens (tertiary/aromatic N) is 1. The summed E-state index contributed by atoms with van der Waals surface area (Å²) in [6.07, 6.45) is 1.51. The van der Waals surface area contributed by atoms with Gasteiger partial charge in [0.2, 0.25) is 0 Å². The Hall–Kier alpha value is -1.54. The summed E-state index contributed by atoms with van der Waals surface area (Å²) in [5, 5.41) is 11.6. The van der Waals surface area contributed by atoms with E-state index in [4.69, 9.17) is 5.11 Å². The van der Waals surface area contributed by atoms with Crippen molar-refractivity contribution in [2.75, 3.05) is 5.32 Å². The molecule has 0 spiro atoms. The van der Waals surface area contributed by atoms with Gasteiger partial charge in [-0.1, -0.05) is 0 Å².